The summed E-state index contributed by atoms with van der Waals surface area (Å²) in [5.41, 5.74) is 1.24. The summed E-state index contributed by atoms with van der Waals surface area (Å²) in [4.78, 5) is 5.07. The van der Waals surface area contributed by atoms with E-state index < -0.39 is 0 Å². The molecule has 1 saturated carbocycles. The number of methoxy groups -OCH3 is 1. The predicted octanol–water partition coefficient (Wildman–Crippen LogP) is 1.84. The van der Waals surface area contributed by atoms with E-state index in [1.54, 1.807) is 7.11 Å². The lowest BCUT2D eigenvalue weighted by Crippen LogP contribution is -2.37. The van der Waals surface area contributed by atoms with E-state index in [9.17, 15) is 0 Å². The number of H-pyrrole nitrogens is 1. The monoisotopic (exact) mass is 306 g/mol. The van der Waals surface area contributed by atoms with Crippen molar-refractivity contribution in [1.82, 2.24) is 20.0 Å². The Labute approximate surface area is 134 Å². The van der Waals surface area contributed by atoms with Gasteiger partial charge in [0.05, 0.1) is 6.61 Å². The van der Waals surface area contributed by atoms with Gasteiger partial charge in [-0.15, -0.1) is 0 Å². The first-order valence-corrected chi connectivity index (χ1v) is 8.64. The van der Waals surface area contributed by atoms with E-state index in [4.69, 9.17) is 4.74 Å². The Bertz CT molecular complexity index is 436. The van der Waals surface area contributed by atoms with Gasteiger partial charge in [-0.25, -0.2) is 0 Å². The highest BCUT2D eigenvalue weighted by atomic mass is 16.5. The smallest absolute Gasteiger partial charge is 0.0589 e. The van der Waals surface area contributed by atoms with Crippen LogP contribution in [0, 0.1) is 17.8 Å². The molecule has 0 radical (unpaired) electrons. The number of likely N-dealkylation sites (tertiary alicyclic amines) is 1. The van der Waals surface area contributed by atoms with Crippen molar-refractivity contribution in [2.24, 2.45) is 17.8 Å². The van der Waals surface area contributed by atoms with Crippen molar-refractivity contribution in [3.8, 4) is 0 Å². The molecule has 1 N–H and O–H groups in total. The molecule has 1 saturated heterocycles. The summed E-state index contributed by atoms with van der Waals surface area (Å²) in [6.45, 7) is 6.65. The average Bonchev–Trinajstić information content (AvgIpc) is 3.15. The molecule has 2 fully saturated rings. The third kappa shape index (κ3) is 3.89. The molecule has 3 rings (SSSR count). The highest BCUT2D eigenvalue weighted by Gasteiger charge is 2.40. The van der Waals surface area contributed by atoms with Crippen LogP contribution in [0.15, 0.2) is 12.3 Å². The van der Waals surface area contributed by atoms with Crippen LogP contribution in [0.3, 0.4) is 0 Å². The fraction of sp³-hybridized carbons (Fsp3) is 0.824. The third-order valence-electron chi connectivity index (χ3n) is 5.50. The molecule has 0 unspecified atom stereocenters. The van der Waals surface area contributed by atoms with E-state index in [1.165, 1.54) is 44.6 Å². The molecule has 1 aliphatic heterocycles. The molecule has 5 nitrogen and oxygen atoms in total. The second-order valence-corrected chi connectivity index (χ2v) is 7.15. The van der Waals surface area contributed by atoms with E-state index in [-0.39, 0.29) is 0 Å². The fourth-order valence-corrected chi connectivity index (χ4v) is 4.39. The number of aromatic nitrogens is 2. The van der Waals surface area contributed by atoms with Gasteiger partial charge in [0.15, 0.2) is 0 Å². The van der Waals surface area contributed by atoms with E-state index in [1.807, 2.05) is 6.20 Å². The minimum atomic E-state index is 0.837. The quantitative estimate of drug-likeness (QED) is 0.835. The minimum Gasteiger partial charge on any atom is -0.383 e. The van der Waals surface area contributed by atoms with Gasteiger partial charge in [0, 0.05) is 51.7 Å². The molecule has 2 aliphatic rings. The number of hydrogen-bond acceptors (Lipinski definition) is 4. The first kappa shape index (κ1) is 16.0. The Balaban J connectivity index is 1.53. The van der Waals surface area contributed by atoms with Crippen LogP contribution in [0.1, 0.15) is 25.0 Å². The van der Waals surface area contributed by atoms with Crippen LogP contribution in [0.2, 0.25) is 0 Å². The number of ether oxygens (including phenoxy) is 1. The number of hydrogen-bond donors (Lipinski definition) is 1. The number of likely N-dealkylation sites (N-methyl/N-ethyl adjacent to an activating group) is 1. The lowest BCUT2D eigenvalue weighted by molar-refractivity contribution is 0.117. The zero-order valence-electron chi connectivity index (χ0n) is 14.0. The maximum atomic E-state index is 5.20. The van der Waals surface area contributed by atoms with Crippen LogP contribution < -0.4 is 0 Å². The molecule has 0 amide bonds. The van der Waals surface area contributed by atoms with Crippen molar-refractivity contribution in [3.05, 3.63) is 18.0 Å². The summed E-state index contributed by atoms with van der Waals surface area (Å²) in [5, 5.41) is 7.17. The second-order valence-electron chi connectivity index (χ2n) is 7.15. The molecule has 1 aromatic heterocycles. The summed E-state index contributed by atoms with van der Waals surface area (Å²) in [7, 11) is 4.02. The molecule has 0 aromatic carbocycles. The van der Waals surface area contributed by atoms with Gasteiger partial charge in [0.1, 0.15) is 0 Å². The largest absolute Gasteiger partial charge is 0.383 e. The molecule has 3 atom stereocenters. The predicted molar refractivity (Wildman–Crippen MR) is 87.6 cm³/mol. The summed E-state index contributed by atoms with van der Waals surface area (Å²) in [6.07, 6.45) is 6.08. The Kier molecular flexibility index (Phi) is 5.50. The topological polar surface area (TPSA) is 44.4 Å². The fourth-order valence-electron chi connectivity index (χ4n) is 4.39. The highest BCUT2D eigenvalue weighted by Crippen LogP contribution is 2.40. The van der Waals surface area contributed by atoms with E-state index >= 15 is 0 Å². The summed E-state index contributed by atoms with van der Waals surface area (Å²) in [6, 6.07) is 2.10. The zero-order valence-corrected chi connectivity index (χ0v) is 14.0. The Morgan fingerprint density at radius 1 is 1.41 bits per heavy atom. The van der Waals surface area contributed by atoms with Crippen LogP contribution >= 0.6 is 0 Å². The van der Waals surface area contributed by atoms with Crippen molar-refractivity contribution < 1.29 is 4.74 Å². The number of fused-ring (bicyclic) bond motifs is 1. The lowest BCUT2D eigenvalue weighted by Gasteiger charge is -2.35. The first-order chi connectivity index (χ1) is 10.8. The third-order valence-corrected chi connectivity index (χ3v) is 5.50. The Morgan fingerprint density at radius 2 is 2.32 bits per heavy atom. The standard InChI is InChI=1S/C17H30N4O/c1-20(8-9-22-2)10-14-4-3-5-15-11-21(13-17(14)15)12-16-6-7-18-19-16/h6-7,14-15,17H,3-5,8-13H2,1-2H3,(H,18,19)/t14-,15+,17-/m0/s1. The van der Waals surface area contributed by atoms with Crippen LogP contribution in [0.25, 0.3) is 0 Å². The molecule has 22 heavy (non-hydrogen) atoms. The van der Waals surface area contributed by atoms with Crippen LogP contribution in [-0.4, -0.2) is 66.9 Å². The van der Waals surface area contributed by atoms with E-state index in [0.29, 0.717) is 0 Å². The maximum Gasteiger partial charge on any atom is 0.0589 e. The van der Waals surface area contributed by atoms with Gasteiger partial charge in [0.25, 0.3) is 0 Å². The molecular formula is C17H30N4O. The van der Waals surface area contributed by atoms with Gasteiger partial charge < -0.3 is 9.64 Å². The van der Waals surface area contributed by atoms with Gasteiger partial charge in [-0.05, 0) is 43.7 Å². The van der Waals surface area contributed by atoms with Crippen LogP contribution in [0.4, 0.5) is 0 Å². The number of nitrogens with zero attached hydrogens (tertiary/aromatic N) is 3. The van der Waals surface area contributed by atoms with Crippen molar-refractivity contribution >= 4 is 0 Å². The molecule has 0 bridgehead atoms. The van der Waals surface area contributed by atoms with Crippen LogP contribution in [-0.2, 0) is 11.3 Å². The summed E-state index contributed by atoms with van der Waals surface area (Å²) < 4.78 is 5.20. The Hall–Kier alpha value is -0.910. The summed E-state index contributed by atoms with van der Waals surface area (Å²) >= 11 is 0. The summed E-state index contributed by atoms with van der Waals surface area (Å²) in [5.74, 6) is 2.63. The van der Waals surface area contributed by atoms with E-state index in [0.717, 1.165) is 37.5 Å². The van der Waals surface area contributed by atoms with Crippen LogP contribution in [0.5, 0.6) is 0 Å². The first-order valence-electron chi connectivity index (χ1n) is 8.64. The highest BCUT2D eigenvalue weighted by molar-refractivity contribution is 5.00. The van der Waals surface area contributed by atoms with E-state index in [2.05, 4.69) is 33.1 Å². The molecule has 2 heterocycles. The zero-order chi connectivity index (χ0) is 15.4. The lowest BCUT2D eigenvalue weighted by atomic mass is 9.74. The number of aromatic amines is 1. The van der Waals surface area contributed by atoms with Crippen molar-refractivity contribution in [2.45, 2.75) is 25.8 Å². The minimum absolute atomic E-state index is 0.837. The molecule has 1 aromatic rings. The Morgan fingerprint density at radius 3 is 3.09 bits per heavy atom. The van der Waals surface area contributed by atoms with Gasteiger partial charge in [-0.3, -0.25) is 10.00 Å². The molecule has 0 spiro atoms. The van der Waals surface area contributed by atoms with Crippen molar-refractivity contribution in [3.63, 3.8) is 0 Å². The SMILES string of the molecule is COCCN(C)C[C@@H]1CCC[C@@H]2CN(Cc3ccn[nH]3)C[C@H]21. The number of rotatable bonds is 7. The average molecular weight is 306 g/mol. The molecular weight excluding hydrogens is 276 g/mol. The maximum absolute atomic E-state index is 5.20. The van der Waals surface area contributed by atoms with Gasteiger partial charge >= 0.3 is 0 Å². The van der Waals surface area contributed by atoms with Gasteiger partial charge in [-0.2, -0.15) is 5.10 Å². The molecule has 124 valence electrons. The number of nitrogens with one attached hydrogen (secondary N) is 1. The van der Waals surface area contributed by atoms with Crippen molar-refractivity contribution in [2.75, 3.05) is 46.9 Å². The van der Waals surface area contributed by atoms with Gasteiger partial charge in [-0.1, -0.05) is 6.42 Å². The normalized spacial score (nSPS) is 29.1. The van der Waals surface area contributed by atoms with Gasteiger partial charge in [0.2, 0.25) is 0 Å². The van der Waals surface area contributed by atoms with Crippen molar-refractivity contribution in [1.29, 1.82) is 0 Å². The molecule has 5 heteroatoms. The molecule has 1 aliphatic carbocycles. The second kappa shape index (κ2) is 7.57.